The zero-order valence-electron chi connectivity index (χ0n) is 8.47. The van der Waals surface area contributed by atoms with Crippen LogP contribution in [-0.2, 0) is 0 Å². The maximum atomic E-state index is 3.69. The summed E-state index contributed by atoms with van der Waals surface area (Å²) < 4.78 is 0. The Morgan fingerprint density at radius 1 is 0.769 bits per heavy atom. The molecule has 2 saturated carbocycles. The van der Waals surface area contributed by atoms with Crippen molar-refractivity contribution in [3.05, 3.63) is 0 Å². The maximum absolute atomic E-state index is 3.69. The van der Waals surface area contributed by atoms with Crippen molar-refractivity contribution in [2.45, 2.75) is 51.0 Å². The molecule has 1 saturated heterocycles. The van der Waals surface area contributed by atoms with E-state index >= 15 is 0 Å². The Morgan fingerprint density at radius 2 is 1.54 bits per heavy atom. The third-order valence-electron chi connectivity index (χ3n) is 4.72. The molecule has 4 atom stereocenters. The van der Waals surface area contributed by atoms with Gasteiger partial charge in [0, 0.05) is 6.04 Å². The van der Waals surface area contributed by atoms with Crippen molar-refractivity contribution in [3.63, 3.8) is 0 Å². The molecule has 1 aliphatic heterocycles. The van der Waals surface area contributed by atoms with Crippen molar-refractivity contribution in [1.82, 2.24) is 5.32 Å². The number of hydrogen-bond acceptors (Lipinski definition) is 1. The van der Waals surface area contributed by atoms with Crippen LogP contribution in [0.5, 0.6) is 0 Å². The van der Waals surface area contributed by atoms with Crippen molar-refractivity contribution < 1.29 is 0 Å². The summed E-state index contributed by atoms with van der Waals surface area (Å²) in [5.41, 5.74) is 0. The third kappa shape index (κ3) is 1.41. The molecule has 0 bridgehead atoms. The SMILES string of the molecule is C1CCC2CC3NCCC3CC2C1. The van der Waals surface area contributed by atoms with Crippen molar-refractivity contribution in [2.75, 3.05) is 6.54 Å². The Labute approximate surface area is 81.3 Å². The van der Waals surface area contributed by atoms with Crippen LogP contribution in [0.2, 0.25) is 0 Å². The van der Waals surface area contributed by atoms with Crippen molar-refractivity contribution in [2.24, 2.45) is 17.8 Å². The molecular weight excluding hydrogens is 158 g/mol. The van der Waals surface area contributed by atoms with Crippen molar-refractivity contribution in [1.29, 1.82) is 0 Å². The third-order valence-corrected chi connectivity index (χ3v) is 4.72. The van der Waals surface area contributed by atoms with E-state index in [0.29, 0.717) is 0 Å². The van der Waals surface area contributed by atoms with E-state index in [0.717, 1.165) is 23.8 Å². The molecule has 0 aromatic rings. The minimum atomic E-state index is 0.916. The standard InChI is InChI=1S/C12H21N/c1-2-4-10-8-12-11(5-6-13-12)7-9(10)3-1/h9-13H,1-8H2. The molecule has 3 fully saturated rings. The van der Waals surface area contributed by atoms with Crippen molar-refractivity contribution in [3.8, 4) is 0 Å². The predicted molar refractivity (Wildman–Crippen MR) is 54.6 cm³/mol. The van der Waals surface area contributed by atoms with Crippen LogP contribution in [0.3, 0.4) is 0 Å². The van der Waals surface area contributed by atoms with E-state index in [1.165, 1.54) is 38.6 Å². The molecule has 0 aromatic carbocycles. The van der Waals surface area contributed by atoms with Crippen LogP contribution in [0.15, 0.2) is 0 Å². The molecular formula is C12H21N. The lowest BCUT2D eigenvalue weighted by Gasteiger charge is -2.41. The Morgan fingerprint density at radius 3 is 2.38 bits per heavy atom. The van der Waals surface area contributed by atoms with Gasteiger partial charge in [0.1, 0.15) is 0 Å². The fourth-order valence-corrected chi connectivity index (χ4v) is 4.00. The molecule has 74 valence electrons. The van der Waals surface area contributed by atoms with Gasteiger partial charge in [-0.3, -0.25) is 0 Å². The lowest BCUT2D eigenvalue weighted by atomic mass is 9.66. The summed E-state index contributed by atoms with van der Waals surface area (Å²) in [4.78, 5) is 0. The molecule has 3 rings (SSSR count). The van der Waals surface area contributed by atoms with Gasteiger partial charge in [-0.05, 0) is 43.6 Å². The number of hydrogen-bond donors (Lipinski definition) is 1. The summed E-state index contributed by atoms with van der Waals surface area (Å²) in [5, 5.41) is 3.69. The van der Waals surface area contributed by atoms with Gasteiger partial charge in [0.2, 0.25) is 0 Å². The number of nitrogens with one attached hydrogen (secondary N) is 1. The first-order valence-corrected chi connectivity index (χ1v) is 6.17. The highest BCUT2D eigenvalue weighted by Crippen LogP contribution is 2.44. The minimum absolute atomic E-state index is 0.916. The number of rotatable bonds is 0. The van der Waals surface area contributed by atoms with Crippen LogP contribution < -0.4 is 5.32 Å². The van der Waals surface area contributed by atoms with E-state index in [1.807, 2.05) is 0 Å². The highest BCUT2D eigenvalue weighted by molar-refractivity contribution is 4.94. The monoisotopic (exact) mass is 179 g/mol. The Bertz CT molecular complexity index is 170. The van der Waals surface area contributed by atoms with Gasteiger partial charge >= 0.3 is 0 Å². The second-order valence-electron chi connectivity index (χ2n) is 5.39. The lowest BCUT2D eigenvalue weighted by Crippen LogP contribution is -2.39. The Kier molecular flexibility index (Phi) is 2.08. The molecule has 1 N–H and O–H groups in total. The van der Waals surface area contributed by atoms with E-state index in [2.05, 4.69) is 5.32 Å². The van der Waals surface area contributed by atoms with Crippen LogP contribution in [0.4, 0.5) is 0 Å². The van der Waals surface area contributed by atoms with E-state index in [4.69, 9.17) is 0 Å². The normalized spacial score (nSPS) is 49.8. The van der Waals surface area contributed by atoms with Gasteiger partial charge < -0.3 is 5.32 Å². The molecule has 0 aromatic heterocycles. The fraction of sp³-hybridized carbons (Fsp3) is 1.00. The molecule has 0 amide bonds. The first kappa shape index (κ1) is 8.28. The zero-order chi connectivity index (χ0) is 8.67. The molecule has 3 aliphatic rings. The summed E-state index contributed by atoms with van der Waals surface area (Å²) in [6.45, 7) is 1.30. The summed E-state index contributed by atoms with van der Waals surface area (Å²) >= 11 is 0. The minimum Gasteiger partial charge on any atom is -0.314 e. The van der Waals surface area contributed by atoms with Gasteiger partial charge in [0.05, 0.1) is 0 Å². The second kappa shape index (κ2) is 3.27. The quantitative estimate of drug-likeness (QED) is 0.602. The van der Waals surface area contributed by atoms with Gasteiger partial charge in [-0.1, -0.05) is 25.7 Å². The first-order chi connectivity index (χ1) is 6.43. The number of fused-ring (bicyclic) bond motifs is 2. The van der Waals surface area contributed by atoms with E-state index in [1.54, 1.807) is 12.8 Å². The highest BCUT2D eigenvalue weighted by Gasteiger charge is 2.39. The molecule has 13 heavy (non-hydrogen) atoms. The predicted octanol–water partition coefficient (Wildman–Crippen LogP) is 2.56. The van der Waals surface area contributed by atoms with E-state index < -0.39 is 0 Å². The highest BCUT2D eigenvalue weighted by atomic mass is 15.0. The average molecular weight is 179 g/mol. The Balaban J connectivity index is 1.71. The lowest BCUT2D eigenvalue weighted by molar-refractivity contribution is 0.117. The smallest absolute Gasteiger partial charge is 0.00986 e. The molecule has 1 nitrogen and oxygen atoms in total. The van der Waals surface area contributed by atoms with Crippen LogP contribution in [0.25, 0.3) is 0 Å². The average Bonchev–Trinajstić information content (AvgIpc) is 2.61. The maximum Gasteiger partial charge on any atom is 0.00986 e. The van der Waals surface area contributed by atoms with E-state index in [-0.39, 0.29) is 0 Å². The molecule has 1 heteroatoms. The van der Waals surface area contributed by atoms with Crippen LogP contribution in [0.1, 0.15) is 44.9 Å². The fourth-order valence-electron chi connectivity index (χ4n) is 4.00. The van der Waals surface area contributed by atoms with Gasteiger partial charge in [-0.15, -0.1) is 0 Å². The molecule has 4 unspecified atom stereocenters. The summed E-state index contributed by atoms with van der Waals surface area (Å²) in [7, 11) is 0. The van der Waals surface area contributed by atoms with Gasteiger partial charge in [0.15, 0.2) is 0 Å². The summed E-state index contributed by atoms with van der Waals surface area (Å²) in [6, 6.07) is 0.916. The molecule has 1 heterocycles. The molecule has 2 aliphatic carbocycles. The van der Waals surface area contributed by atoms with Gasteiger partial charge in [-0.25, -0.2) is 0 Å². The molecule has 0 spiro atoms. The largest absolute Gasteiger partial charge is 0.314 e. The topological polar surface area (TPSA) is 12.0 Å². The molecule has 0 radical (unpaired) electrons. The van der Waals surface area contributed by atoms with Crippen LogP contribution in [0, 0.1) is 17.8 Å². The van der Waals surface area contributed by atoms with Crippen LogP contribution >= 0.6 is 0 Å². The van der Waals surface area contributed by atoms with E-state index in [9.17, 15) is 0 Å². The van der Waals surface area contributed by atoms with Gasteiger partial charge in [0.25, 0.3) is 0 Å². The first-order valence-electron chi connectivity index (χ1n) is 6.17. The van der Waals surface area contributed by atoms with Crippen molar-refractivity contribution >= 4 is 0 Å². The van der Waals surface area contributed by atoms with Crippen LogP contribution in [-0.4, -0.2) is 12.6 Å². The second-order valence-corrected chi connectivity index (χ2v) is 5.39. The zero-order valence-corrected chi connectivity index (χ0v) is 8.47. The Hall–Kier alpha value is -0.0400. The summed E-state index contributed by atoms with van der Waals surface area (Å²) in [6.07, 6.45) is 10.7. The summed E-state index contributed by atoms with van der Waals surface area (Å²) in [5.74, 6) is 3.27. The van der Waals surface area contributed by atoms with Gasteiger partial charge in [-0.2, -0.15) is 0 Å².